The van der Waals surface area contributed by atoms with Crippen LogP contribution in [0.15, 0.2) is 12.1 Å². The Morgan fingerprint density at radius 1 is 1.55 bits per heavy atom. The van der Waals surface area contributed by atoms with Crippen molar-refractivity contribution < 1.29 is 13.9 Å². The standard InChI is InChI=1S/C15H21FN4O2/c1-3-22-9(2)8-18-15-19-12-7-10(16)6-11-13(12)20(15)5-4-17-14(11)21/h6-7,9,15,18-19H,3-5,8H2,1-2H3,(H,17,21). The SMILES string of the molecule is CCOC(C)CNC1Nc2cc(F)cc3c2N1CCNC3=O. The van der Waals surface area contributed by atoms with E-state index in [1.165, 1.54) is 12.1 Å². The number of benzene rings is 1. The fourth-order valence-corrected chi connectivity index (χ4v) is 2.95. The van der Waals surface area contributed by atoms with Gasteiger partial charge in [-0.05, 0) is 26.0 Å². The molecule has 3 rings (SSSR count). The highest BCUT2D eigenvalue weighted by molar-refractivity contribution is 6.04. The minimum absolute atomic E-state index is 0.0819. The average Bonchev–Trinajstić information content (AvgIpc) is 2.72. The first kappa shape index (κ1) is 15.1. The van der Waals surface area contributed by atoms with Crippen molar-refractivity contribution in [3.63, 3.8) is 0 Å². The van der Waals surface area contributed by atoms with E-state index >= 15 is 0 Å². The monoisotopic (exact) mass is 308 g/mol. The largest absolute Gasteiger partial charge is 0.377 e. The summed E-state index contributed by atoms with van der Waals surface area (Å²) in [5.74, 6) is -0.648. The van der Waals surface area contributed by atoms with Crippen molar-refractivity contribution in [1.82, 2.24) is 10.6 Å². The number of rotatable bonds is 5. The Bertz CT molecular complexity index is 581. The van der Waals surface area contributed by atoms with Crippen molar-refractivity contribution in [3.05, 3.63) is 23.5 Å². The number of nitrogens with one attached hydrogen (secondary N) is 3. The Kier molecular flexibility index (Phi) is 4.17. The molecule has 0 aliphatic carbocycles. The van der Waals surface area contributed by atoms with Gasteiger partial charge in [-0.25, -0.2) is 4.39 Å². The highest BCUT2D eigenvalue weighted by Crippen LogP contribution is 2.38. The van der Waals surface area contributed by atoms with Crippen molar-refractivity contribution in [1.29, 1.82) is 0 Å². The van der Waals surface area contributed by atoms with Crippen LogP contribution in [0, 0.1) is 5.82 Å². The summed E-state index contributed by atoms with van der Waals surface area (Å²) in [7, 11) is 0. The van der Waals surface area contributed by atoms with E-state index in [9.17, 15) is 9.18 Å². The van der Waals surface area contributed by atoms with Crippen molar-refractivity contribution in [2.75, 3.05) is 36.5 Å². The van der Waals surface area contributed by atoms with Gasteiger partial charge in [-0.2, -0.15) is 0 Å². The molecule has 2 atom stereocenters. The third-order valence-corrected chi connectivity index (χ3v) is 3.90. The van der Waals surface area contributed by atoms with Crippen molar-refractivity contribution in [3.8, 4) is 0 Å². The van der Waals surface area contributed by atoms with Gasteiger partial charge < -0.3 is 20.3 Å². The van der Waals surface area contributed by atoms with Gasteiger partial charge in [-0.1, -0.05) is 0 Å². The molecular formula is C15H21FN4O2. The lowest BCUT2D eigenvalue weighted by Crippen LogP contribution is -2.50. The smallest absolute Gasteiger partial charge is 0.253 e. The van der Waals surface area contributed by atoms with E-state index in [2.05, 4.69) is 20.9 Å². The van der Waals surface area contributed by atoms with Gasteiger partial charge in [0.2, 0.25) is 0 Å². The second-order valence-electron chi connectivity index (χ2n) is 5.52. The maximum atomic E-state index is 13.7. The molecule has 0 radical (unpaired) electrons. The molecule has 1 aromatic carbocycles. The van der Waals surface area contributed by atoms with Crippen LogP contribution in [-0.2, 0) is 4.74 Å². The van der Waals surface area contributed by atoms with Crippen LogP contribution in [0.3, 0.4) is 0 Å². The van der Waals surface area contributed by atoms with E-state index in [0.29, 0.717) is 37.5 Å². The zero-order chi connectivity index (χ0) is 15.7. The molecule has 2 aliphatic heterocycles. The zero-order valence-corrected chi connectivity index (χ0v) is 12.8. The van der Waals surface area contributed by atoms with Crippen LogP contribution < -0.4 is 20.9 Å². The molecule has 0 saturated heterocycles. The van der Waals surface area contributed by atoms with Crippen LogP contribution in [0.1, 0.15) is 24.2 Å². The van der Waals surface area contributed by atoms with Crippen LogP contribution in [0.5, 0.6) is 0 Å². The van der Waals surface area contributed by atoms with Crippen LogP contribution >= 0.6 is 0 Å². The molecule has 2 heterocycles. The van der Waals surface area contributed by atoms with E-state index in [-0.39, 0.29) is 18.3 Å². The number of nitrogens with zero attached hydrogens (tertiary/aromatic N) is 1. The lowest BCUT2D eigenvalue weighted by molar-refractivity contribution is 0.0746. The molecular weight excluding hydrogens is 287 g/mol. The van der Waals surface area contributed by atoms with E-state index < -0.39 is 5.82 Å². The van der Waals surface area contributed by atoms with Gasteiger partial charge >= 0.3 is 0 Å². The first-order valence-electron chi connectivity index (χ1n) is 7.60. The normalized spacial score (nSPS) is 21.0. The predicted molar refractivity (Wildman–Crippen MR) is 82.6 cm³/mol. The number of hydrogen-bond donors (Lipinski definition) is 3. The molecule has 7 heteroatoms. The Morgan fingerprint density at radius 2 is 2.36 bits per heavy atom. The van der Waals surface area contributed by atoms with Gasteiger partial charge in [0.05, 0.1) is 23.0 Å². The Balaban J connectivity index is 1.82. The molecule has 1 amide bonds. The fourth-order valence-electron chi connectivity index (χ4n) is 2.95. The minimum Gasteiger partial charge on any atom is -0.377 e. The summed E-state index contributed by atoms with van der Waals surface area (Å²) in [6.07, 6.45) is -0.0930. The van der Waals surface area contributed by atoms with Crippen molar-refractivity contribution >= 4 is 17.3 Å². The Morgan fingerprint density at radius 3 is 3.14 bits per heavy atom. The molecule has 3 N–H and O–H groups in total. The number of anilines is 2. The first-order chi connectivity index (χ1) is 10.6. The van der Waals surface area contributed by atoms with Crippen molar-refractivity contribution in [2.24, 2.45) is 0 Å². The first-order valence-corrected chi connectivity index (χ1v) is 7.60. The number of halogens is 1. The van der Waals surface area contributed by atoms with Gasteiger partial charge in [-0.15, -0.1) is 0 Å². The molecule has 2 aliphatic rings. The summed E-state index contributed by atoms with van der Waals surface area (Å²) >= 11 is 0. The second-order valence-corrected chi connectivity index (χ2v) is 5.52. The topological polar surface area (TPSA) is 65.6 Å². The number of carbonyl (C=O) groups excluding carboxylic acids is 1. The molecule has 22 heavy (non-hydrogen) atoms. The van der Waals surface area contributed by atoms with E-state index in [0.717, 1.165) is 5.69 Å². The van der Waals surface area contributed by atoms with Gasteiger partial charge in [0.15, 0.2) is 6.29 Å². The summed E-state index contributed by atoms with van der Waals surface area (Å²) in [4.78, 5) is 14.1. The summed E-state index contributed by atoms with van der Waals surface area (Å²) in [5.41, 5.74) is 1.79. The molecule has 0 spiro atoms. The van der Waals surface area contributed by atoms with E-state index in [4.69, 9.17) is 4.74 Å². The molecule has 0 aromatic heterocycles. The summed E-state index contributed by atoms with van der Waals surface area (Å²) in [6, 6.07) is 2.72. The highest BCUT2D eigenvalue weighted by atomic mass is 19.1. The Labute approximate surface area is 129 Å². The highest BCUT2D eigenvalue weighted by Gasteiger charge is 2.34. The third kappa shape index (κ3) is 2.74. The van der Waals surface area contributed by atoms with Crippen LogP contribution in [0.2, 0.25) is 0 Å². The van der Waals surface area contributed by atoms with Gasteiger partial charge in [0, 0.05) is 26.2 Å². The maximum Gasteiger partial charge on any atom is 0.253 e. The third-order valence-electron chi connectivity index (χ3n) is 3.90. The van der Waals surface area contributed by atoms with Gasteiger partial charge in [0.25, 0.3) is 5.91 Å². The van der Waals surface area contributed by atoms with Crippen LogP contribution in [-0.4, -0.2) is 44.5 Å². The number of carbonyl (C=O) groups is 1. The molecule has 6 nitrogen and oxygen atoms in total. The maximum absolute atomic E-state index is 13.7. The Hall–Kier alpha value is -1.86. The molecule has 0 fully saturated rings. The van der Waals surface area contributed by atoms with E-state index in [1.807, 2.05) is 13.8 Å². The van der Waals surface area contributed by atoms with Crippen LogP contribution in [0.4, 0.5) is 15.8 Å². The average molecular weight is 308 g/mol. The molecule has 0 bridgehead atoms. The number of amides is 1. The summed E-state index contributed by atoms with van der Waals surface area (Å²) < 4.78 is 19.2. The molecule has 120 valence electrons. The van der Waals surface area contributed by atoms with Gasteiger partial charge in [-0.3, -0.25) is 10.1 Å². The van der Waals surface area contributed by atoms with E-state index in [1.54, 1.807) is 0 Å². The number of hydrogen-bond acceptors (Lipinski definition) is 5. The summed E-state index contributed by atoms with van der Waals surface area (Å²) in [5, 5.41) is 9.41. The number of ether oxygens (including phenoxy) is 1. The lowest BCUT2D eigenvalue weighted by Gasteiger charge is -2.27. The second kappa shape index (κ2) is 6.10. The summed E-state index contributed by atoms with van der Waals surface area (Å²) in [6.45, 7) is 6.47. The minimum atomic E-state index is -0.415. The quantitative estimate of drug-likeness (QED) is 0.760. The molecule has 1 aromatic rings. The van der Waals surface area contributed by atoms with Crippen LogP contribution in [0.25, 0.3) is 0 Å². The lowest BCUT2D eigenvalue weighted by atomic mass is 10.1. The van der Waals surface area contributed by atoms with Gasteiger partial charge in [0.1, 0.15) is 5.82 Å². The molecule has 2 unspecified atom stereocenters. The predicted octanol–water partition coefficient (Wildman–Crippen LogP) is 1.10. The molecule has 0 saturated carbocycles. The zero-order valence-electron chi connectivity index (χ0n) is 12.8. The fraction of sp³-hybridized carbons (Fsp3) is 0.533. The van der Waals surface area contributed by atoms with Crippen molar-refractivity contribution in [2.45, 2.75) is 26.2 Å².